The summed E-state index contributed by atoms with van der Waals surface area (Å²) in [6, 6.07) is 11.6. The molecule has 0 bridgehead atoms. The maximum atomic E-state index is 10.4. The van der Waals surface area contributed by atoms with Gasteiger partial charge in [-0.15, -0.1) is 0 Å². The molecule has 0 saturated carbocycles. The van der Waals surface area contributed by atoms with Crippen molar-refractivity contribution in [2.24, 2.45) is 0 Å². The van der Waals surface area contributed by atoms with Gasteiger partial charge in [0.05, 0.1) is 0 Å². The standard InChI is InChI=1S/C15H24O.C10H14O/c1-10-8-11(14(2,3)4)13(16)12(9-10)15(5,6)7;1-10(2,3)8-6-4-5-7-9(8)11/h8-9,16H,1-7H3;4-7,11H,1-3H3. The van der Waals surface area contributed by atoms with Gasteiger partial charge in [0.15, 0.2) is 0 Å². The summed E-state index contributed by atoms with van der Waals surface area (Å²) in [5, 5.41) is 19.8. The fourth-order valence-corrected chi connectivity index (χ4v) is 3.03. The smallest absolute Gasteiger partial charge is 0.123 e. The van der Waals surface area contributed by atoms with Gasteiger partial charge in [-0.05, 0) is 45.9 Å². The largest absolute Gasteiger partial charge is 0.508 e. The zero-order chi connectivity index (χ0) is 21.2. The molecule has 2 heteroatoms. The van der Waals surface area contributed by atoms with Crippen molar-refractivity contribution in [3.05, 3.63) is 58.7 Å². The lowest BCUT2D eigenvalue weighted by Gasteiger charge is -2.27. The van der Waals surface area contributed by atoms with E-state index in [1.165, 1.54) is 5.56 Å². The molecule has 0 unspecified atom stereocenters. The topological polar surface area (TPSA) is 40.5 Å². The van der Waals surface area contributed by atoms with Gasteiger partial charge in [-0.25, -0.2) is 0 Å². The van der Waals surface area contributed by atoms with Crippen molar-refractivity contribution in [3.8, 4) is 11.5 Å². The molecule has 0 fully saturated rings. The Morgan fingerprint density at radius 2 is 0.963 bits per heavy atom. The Morgan fingerprint density at radius 3 is 1.26 bits per heavy atom. The molecular weight excluding hydrogens is 332 g/mol. The van der Waals surface area contributed by atoms with Crippen LogP contribution in [0, 0.1) is 6.92 Å². The van der Waals surface area contributed by atoms with Gasteiger partial charge in [0, 0.05) is 0 Å². The van der Waals surface area contributed by atoms with Gasteiger partial charge in [0.1, 0.15) is 11.5 Å². The summed E-state index contributed by atoms with van der Waals surface area (Å²) in [4.78, 5) is 0. The molecule has 0 heterocycles. The molecule has 0 spiro atoms. The Morgan fingerprint density at radius 1 is 0.593 bits per heavy atom. The number of aryl methyl sites for hydroxylation is 1. The van der Waals surface area contributed by atoms with E-state index in [0.717, 1.165) is 16.7 Å². The second-order valence-electron chi connectivity index (χ2n) is 10.5. The van der Waals surface area contributed by atoms with Crippen LogP contribution < -0.4 is 0 Å². The van der Waals surface area contributed by atoms with Crippen LogP contribution in [0.1, 0.15) is 84.6 Å². The van der Waals surface area contributed by atoms with E-state index in [9.17, 15) is 10.2 Å². The van der Waals surface area contributed by atoms with Crippen LogP contribution in [-0.2, 0) is 16.2 Å². The average Bonchev–Trinajstić information content (AvgIpc) is 2.47. The second kappa shape index (κ2) is 7.96. The molecule has 0 atom stereocenters. The van der Waals surface area contributed by atoms with Crippen molar-refractivity contribution in [1.29, 1.82) is 0 Å². The fraction of sp³-hybridized carbons (Fsp3) is 0.520. The molecule has 0 radical (unpaired) electrons. The predicted octanol–water partition coefficient (Wildman–Crippen LogP) is 6.99. The Bertz CT molecular complexity index is 731. The molecule has 2 rings (SSSR count). The van der Waals surface area contributed by atoms with Gasteiger partial charge in [-0.3, -0.25) is 0 Å². The number of hydrogen-bond acceptors (Lipinski definition) is 2. The second-order valence-corrected chi connectivity index (χ2v) is 10.5. The Labute approximate surface area is 166 Å². The summed E-state index contributed by atoms with van der Waals surface area (Å²) >= 11 is 0. The molecule has 2 N–H and O–H groups in total. The van der Waals surface area contributed by atoms with Crippen LogP contribution in [0.2, 0.25) is 0 Å². The first-order valence-electron chi connectivity index (χ1n) is 9.68. The minimum Gasteiger partial charge on any atom is -0.508 e. The maximum absolute atomic E-state index is 10.4. The molecule has 0 aliphatic carbocycles. The highest BCUT2D eigenvalue weighted by atomic mass is 16.3. The van der Waals surface area contributed by atoms with Crippen LogP contribution in [0.5, 0.6) is 11.5 Å². The van der Waals surface area contributed by atoms with Gasteiger partial charge in [0.2, 0.25) is 0 Å². The van der Waals surface area contributed by atoms with Gasteiger partial charge in [0.25, 0.3) is 0 Å². The van der Waals surface area contributed by atoms with Crippen molar-refractivity contribution in [2.75, 3.05) is 0 Å². The number of hydrogen-bond donors (Lipinski definition) is 2. The van der Waals surface area contributed by atoms with Gasteiger partial charge in [-0.2, -0.15) is 0 Å². The van der Waals surface area contributed by atoms with Crippen LogP contribution >= 0.6 is 0 Å². The van der Waals surface area contributed by atoms with E-state index in [0.29, 0.717) is 11.5 Å². The van der Waals surface area contributed by atoms with Crippen molar-refractivity contribution in [3.63, 3.8) is 0 Å². The summed E-state index contributed by atoms with van der Waals surface area (Å²) in [5.74, 6) is 0.852. The SMILES string of the molecule is CC(C)(C)c1ccccc1O.Cc1cc(C(C)(C)C)c(O)c(C(C)(C)C)c1. The quantitative estimate of drug-likeness (QED) is 0.525. The normalized spacial score (nSPS) is 12.4. The van der Waals surface area contributed by atoms with E-state index in [-0.39, 0.29) is 16.2 Å². The zero-order valence-electron chi connectivity index (χ0n) is 18.9. The van der Waals surface area contributed by atoms with Crippen LogP contribution in [-0.4, -0.2) is 10.2 Å². The van der Waals surface area contributed by atoms with Gasteiger partial charge >= 0.3 is 0 Å². The average molecular weight is 371 g/mol. The number of benzene rings is 2. The van der Waals surface area contributed by atoms with E-state index < -0.39 is 0 Å². The van der Waals surface area contributed by atoms with Crippen molar-refractivity contribution in [2.45, 2.75) is 85.5 Å². The van der Waals surface area contributed by atoms with E-state index >= 15 is 0 Å². The number of phenols is 2. The van der Waals surface area contributed by atoms with E-state index in [4.69, 9.17) is 0 Å². The molecule has 2 nitrogen and oxygen atoms in total. The lowest BCUT2D eigenvalue weighted by Crippen LogP contribution is -2.17. The highest BCUT2D eigenvalue weighted by Gasteiger charge is 2.25. The monoisotopic (exact) mass is 370 g/mol. The molecule has 0 amide bonds. The summed E-state index contributed by atoms with van der Waals surface area (Å²) in [5.41, 5.74) is 4.29. The molecule has 2 aromatic rings. The van der Waals surface area contributed by atoms with Crippen LogP contribution in [0.15, 0.2) is 36.4 Å². The molecule has 0 aromatic heterocycles. The lowest BCUT2D eigenvalue weighted by atomic mass is 9.78. The minimum atomic E-state index is -0.0178. The molecule has 27 heavy (non-hydrogen) atoms. The minimum absolute atomic E-state index is 0.0178. The number of rotatable bonds is 0. The molecule has 0 aliphatic heterocycles. The summed E-state index contributed by atoms with van der Waals surface area (Å²) in [6.07, 6.45) is 0. The van der Waals surface area contributed by atoms with E-state index in [1.807, 2.05) is 18.2 Å². The van der Waals surface area contributed by atoms with Crippen molar-refractivity contribution < 1.29 is 10.2 Å². The molecular formula is C25H38O2. The first-order chi connectivity index (χ1) is 12.0. The summed E-state index contributed by atoms with van der Waals surface area (Å²) < 4.78 is 0. The summed E-state index contributed by atoms with van der Waals surface area (Å²) in [7, 11) is 0. The number of aromatic hydroxyl groups is 2. The highest BCUT2D eigenvalue weighted by molar-refractivity contribution is 5.49. The third kappa shape index (κ3) is 6.30. The Balaban J connectivity index is 0.000000289. The first-order valence-corrected chi connectivity index (χ1v) is 9.68. The molecule has 0 aliphatic rings. The Kier molecular flexibility index (Phi) is 6.80. The Hall–Kier alpha value is -1.96. The van der Waals surface area contributed by atoms with Crippen LogP contribution in [0.3, 0.4) is 0 Å². The van der Waals surface area contributed by atoms with Crippen molar-refractivity contribution in [1.82, 2.24) is 0 Å². The third-order valence-electron chi connectivity index (χ3n) is 4.58. The van der Waals surface area contributed by atoms with Crippen molar-refractivity contribution >= 4 is 0 Å². The molecule has 2 aromatic carbocycles. The van der Waals surface area contributed by atoms with Crippen LogP contribution in [0.25, 0.3) is 0 Å². The lowest BCUT2D eigenvalue weighted by molar-refractivity contribution is 0.423. The number of para-hydroxylation sites is 1. The predicted molar refractivity (Wildman–Crippen MR) is 117 cm³/mol. The van der Waals surface area contributed by atoms with Crippen LogP contribution in [0.4, 0.5) is 0 Å². The fourth-order valence-electron chi connectivity index (χ4n) is 3.03. The van der Waals surface area contributed by atoms with E-state index in [2.05, 4.69) is 81.4 Å². The third-order valence-corrected chi connectivity index (χ3v) is 4.58. The molecule has 0 saturated heterocycles. The van der Waals surface area contributed by atoms with Gasteiger partial charge in [-0.1, -0.05) is 98.2 Å². The maximum Gasteiger partial charge on any atom is 0.123 e. The number of phenolic OH excluding ortho intramolecular Hbond substituents is 2. The first kappa shape index (κ1) is 23.1. The molecule has 150 valence electrons. The van der Waals surface area contributed by atoms with Gasteiger partial charge < -0.3 is 10.2 Å². The summed E-state index contributed by atoms with van der Waals surface area (Å²) in [6.45, 7) is 21.1. The van der Waals surface area contributed by atoms with E-state index in [1.54, 1.807) is 6.07 Å². The zero-order valence-corrected chi connectivity index (χ0v) is 18.9. The highest BCUT2D eigenvalue weighted by Crippen LogP contribution is 2.39.